The lowest BCUT2D eigenvalue weighted by Gasteiger charge is -2.16. The zero-order valence-corrected chi connectivity index (χ0v) is 22.9. The average molecular weight is 577 g/mol. The molecule has 1 unspecified atom stereocenters. The normalized spacial score (nSPS) is 11.8. The zero-order valence-electron chi connectivity index (χ0n) is 19.7. The number of halogens is 2. The third-order valence-electron chi connectivity index (χ3n) is 5.12. The molecular formula is C25H27BrClN5O2S. The molecule has 35 heavy (non-hydrogen) atoms. The van der Waals surface area contributed by atoms with Crippen molar-refractivity contribution < 1.29 is 9.59 Å². The Morgan fingerprint density at radius 2 is 1.97 bits per heavy atom. The maximum absolute atomic E-state index is 12.7. The van der Waals surface area contributed by atoms with Crippen LogP contribution in [0, 0.1) is 0 Å². The molecule has 1 aromatic heterocycles. The van der Waals surface area contributed by atoms with Gasteiger partial charge in [-0.05, 0) is 54.8 Å². The van der Waals surface area contributed by atoms with E-state index < -0.39 is 6.04 Å². The van der Waals surface area contributed by atoms with Crippen LogP contribution in [0.5, 0.6) is 0 Å². The van der Waals surface area contributed by atoms with E-state index in [0.717, 1.165) is 15.7 Å². The number of nitrogens with zero attached hydrogens (tertiary/aromatic N) is 3. The summed E-state index contributed by atoms with van der Waals surface area (Å²) in [4.78, 5) is 25.3. The van der Waals surface area contributed by atoms with Gasteiger partial charge in [-0.25, -0.2) is 0 Å². The monoisotopic (exact) mass is 575 g/mol. The zero-order chi connectivity index (χ0) is 25.5. The fourth-order valence-corrected chi connectivity index (χ4v) is 4.77. The number of carbonyl (C=O) groups excluding carboxylic acids is 2. The molecular weight excluding hydrogens is 550 g/mol. The number of aromatic nitrogens is 3. The number of nitrogens with one attached hydrogen (secondary N) is 2. The molecule has 0 spiro atoms. The van der Waals surface area contributed by atoms with Gasteiger partial charge in [0.15, 0.2) is 11.0 Å². The molecule has 0 saturated heterocycles. The van der Waals surface area contributed by atoms with Gasteiger partial charge in [0.1, 0.15) is 0 Å². The van der Waals surface area contributed by atoms with Gasteiger partial charge in [-0.1, -0.05) is 65.3 Å². The second-order valence-electron chi connectivity index (χ2n) is 8.17. The van der Waals surface area contributed by atoms with Crippen molar-refractivity contribution in [1.29, 1.82) is 0 Å². The van der Waals surface area contributed by atoms with Crippen molar-refractivity contribution in [3.63, 3.8) is 0 Å². The highest BCUT2D eigenvalue weighted by molar-refractivity contribution is 9.10. The van der Waals surface area contributed by atoms with Crippen molar-refractivity contribution in [1.82, 2.24) is 20.1 Å². The summed E-state index contributed by atoms with van der Waals surface area (Å²) in [5.41, 5.74) is 2.30. The van der Waals surface area contributed by atoms with Crippen LogP contribution in [-0.4, -0.2) is 32.3 Å². The topological polar surface area (TPSA) is 88.9 Å². The molecule has 0 saturated carbocycles. The standard InChI is InChI=1S/C25H27BrClN5O2S/c1-5-11-32-23(16(4)28-24(34)17-7-6-8-19(27)12-17)30-31-25(32)35-14-22(33)29-21-10-9-18(26)13-20(21)15(2)3/h5-10,12-13,15-16H,1,11,14H2,2-4H3,(H,28,34)(H,29,33). The number of benzene rings is 2. The van der Waals surface area contributed by atoms with E-state index in [1.54, 1.807) is 30.3 Å². The van der Waals surface area contributed by atoms with Gasteiger partial charge in [-0.3, -0.25) is 9.59 Å². The Labute approximate surface area is 222 Å². The van der Waals surface area contributed by atoms with Crippen LogP contribution in [0.3, 0.4) is 0 Å². The number of hydrogen-bond donors (Lipinski definition) is 2. The summed E-state index contributed by atoms with van der Waals surface area (Å²) in [6.07, 6.45) is 1.72. The smallest absolute Gasteiger partial charge is 0.251 e. The fraction of sp³-hybridized carbons (Fsp3) is 0.280. The lowest BCUT2D eigenvalue weighted by atomic mass is 10.0. The fourth-order valence-electron chi connectivity index (χ4n) is 3.44. The molecule has 1 atom stereocenters. The van der Waals surface area contributed by atoms with E-state index in [2.05, 4.69) is 57.2 Å². The molecule has 0 bridgehead atoms. The lowest BCUT2D eigenvalue weighted by molar-refractivity contribution is -0.113. The minimum Gasteiger partial charge on any atom is -0.342 e. The van der Waals surface area contributed by atoms with Crippen molar-refractivity contribution in [2.75, 3.05) is 11.1 Å². The number of amides is 2. The van der Waals surface area contributed by atoms with Gasteiger partial charge in [0.2, 0.25) is 5.91 Å². The molecule has 10 heteroatoms. The lowest BCUT2D eigenvalue weighted by Crippen LogP contribution is -2.28. The molecule has 0 fully saturated rings. The van der Waals surface area contributed by atoms with Gasteiger partial charge < -0.3 is 15.2 Å². The first-order valence-corrected chi connectivity index (χ1v) is 13.2. The molecule has 1 heterocycles. The summed E-state index contributed by atoms with van der Waals surface area (Å²) in [5.74, 6) is 0.579. The van der Waals surface area contributed by atoms with E-state index in [1.165, 1.54) is 11.8 Å². The van der Waals surface area contributed by atoms with E-state index >= 15 is 0 Å². The minimum absolute atomic E-state index is 0.142. The quantitative estimate of drug-likeness (QED) is 0.221. The molecule has 3 aromatic rings. The van der Waals surface area contributed by atoms with Crippen molar-refractivity contribution in [2.45, 2.75) is 44.4 Å². The Balaban J connectivity index is 1.69. The second kappa shape index (κ2) is 12.4. The molecule has 2 aromatic carbocycles. The second-order valence-corrected chi connectivity index (χ2v) is 10.5. The predicted octanol–water partition coefficient (Wildman–Crippen LogP) is 6.23. The molecule has 184 valence electrons. The Hall–Kier alpha value is -2.62. The SMILES string of the molecule is C=CCn1c(SCC(=O)Nc2ccc(Br)cc2C(C)C)nnc1C(C)NC(=O)c1cccc(Cl)c1. The number of rotatable bonds is 10. The number of anilines is 1. The number of allylic oxidation sites excluding steroid dienone is 1. The van der Waals surface area contributed by atoms with E-state index in [9.17, 15) is 9.59 Å². The Morgan fingerprint density at radius 3 is 2.66 bits per heavy atom. The van der Waals surface area contributed by atoms with Crippen LogP contribution < -0.4 is 10.6 Å². The number of thioether (sulfide) groups is 1. The average Bonchev–Trinajstić information content (AvgIpc) is 3.21. The molecule has 0 aliphatic rings. The molecule has 2 N–H and O–H groups in total. The minimum atomic E-state index is -0.423. The predicted molar refractivity (Wildman–Crippen MR) is 145 cm³/mol. The highest BCUT2D eigenvalue weighted by Gasteiger charge is 2.21. The van der Waals surface area contributed by atoms with E-state index in [1.807, 2.05) is 29.7 Å². The van der Waals surface area contributed by atoms with Gasteiger partial charge >= 0.3 is 0 Å². The van der Waals surface area contributed by atoms with Crippen LogP contribution in [0.25, 0.3) is 0 Å². The largest absolute Gasteiger partial charge is 0.342 e. The first-order valence-electron chi connectivity index (χ1n) is 11.0. The summed E-state index contributed by atoms with van der Waals surface area (Å²) < 4.78 is 2.81. The van der Waals surface area contributed by atoms with Gasteiger partial charge in [0.25, 0.3) is 5.91 Å². The van der Waals surface area contributed by atoms with Crippen LogP contribution in [0.4, 0.5) is 5.69 Å². The first kappa shape index (κ1) is 27.0. The van der Waals surface area contributed by atoms with E-state index in [0.29, 0.717) is 28.1 Å². The van der Waals surface area contributed by atoms with E-state index in [-0.39, 0.29) is 23.5 Å². The van der Waals surface area contributed by atoms with Crippen LogP contribution >= 0.6 is 39.3 Å². The number of hydrogen-bond acceptors (Lipinski definition) is 5. The first-order chi connectivity index (χ1) is 16.7. The van der Waals surface area contributed by atoms with Gasteiger partial charge in [-0.2, -0.15) is 0 Å². The van der Waals surface area contributed by atoms with Gasteiger partial charge in [0, 0.05) is 27.3 Å². The highest BCUT2D eigenvalue weighted by Crippen LogP contribution is 2.28. The highest BCUT2D eigenvalue weighted by atomic mass is 79.9. The molecule has 7 nitrogen and oxygen atoms in total. The van der Waals surface area contributed by atoms with Crippen molar-refractivity contribution in [3.8, 4) is 0 Å². The molecule has 0 radical (unpaired) electrons. The van der Waals surface area contributed by atoms with Crippen LogP contribution in [0.15, 0.2) is 64.7 Å². The maximum Gasteiger partial charge on any atom is 0.251 e. The maximum atomic E-state index is 12.7. The Kier molecular flexibility index (Phi) is 9.54. The summed E-state index contributed by atoms with van der Waals surface area (Å²) in [6.45, 7) is 10.2. The van der Waals surface area contributed by atoms with Crippen LogP contribution in [-0.2, 0) is 11.3 Å². The Morgan fingerprint density at radius 1 is 1.20 bits per heavy atom. The summed E-state index contributed by atoms with van der Waals surface area (Å²) >= 11 is 10.8. The number of carbonyl (C=O) groups is 2. The van der Waals surface area contributed by atoms with Crippen molar-refractivity contribution in [2.24, 2.45) is 0 Å². The molecule has 0 aliphatic heterocycles. The Bertz CT molecular complexity index is 1230. The molecule has 3 rings (SSSR count). The van der Waals surface area contributed by atoms with Gasteiger partial charge in [0.05, 0.1) is 11.8 Å². The molecule has 0 aliphatic carbocycles. The summed E-state index contributed by atoms with van der Waals surface area (Å²) in [7, 11) is 0. The van der Waals surface area contributed by atoms with Crippen LogP contribution in [0.2, 0.25) is 5.02 Å². The van der Waals surface area contributed by atoms with Crippen molar-refractivity contribution >= 4 is 56.8 Å². The van der Waals surface area contributed by atoms with Crippen molar-refractivity contribution in [3.05, 3.63) is 81.6 Å². The third-order valence-corrected chi connectivity index (χ3v) is 6.82. The summed E-state index contributed by atoms with van der Waals surface area (Å²) in [6, 6.07) is 12.1. The van der Waals surface area contributed by atoms with Gasteiger partial charge in [-0.15, -0.1) is 16.8 Å². The summed E-state index contributed by atoms with van der Waals surface area (Å²) in [5, 5.41) is 15.5. The third kappa shape index (κ3) is 7.19. The van der Waals surface area contributed by atoms with Crippen LogP contribution in [0.1, 0.15) is 54.5 Å². The van der Waals surface area contributed by atoms with E-state index in [4.69, 9.17) is 11.6 Å². The molecule has 2 amide bonds.